The smallest absolute Gasteiger partial charge is 0.228 e. The Kier molecular flexibility index (Phi) is 3.11. The zero-order valence-corrected chi connectivity index (χ0v) is 10.4. The first-order chi connectivity index (χ1) is 8.43. The van der Waals surface area contributed by atoms with Gasteiger partial charge in [0.2, 0.25) is 15.9 Å². The lowest BCUT2D eigenvalue weighted by atomic mass is 10.1. The molecule has 0 spiro atoms. The fraction of sp³-hybridized carbons (Fsp3) is 0.250. The predicted molar refractivity (Wildman–Crippen MR) is 68.2 cm³/mol. The summed E-state index contributed by atoms with van der Waals surface area (Å²) >= 11 is 0. The van der Waals surface area contributed by atoms with Crippen LogP contribution in [-0.4, -0.2) is 26.1 Å². The molecule has 0 aliphatic carbocycles. The molecular formula is C12H12N2O3S. The van der Waals surface area contributed by atoms with Gasteiger partial charge in [0.05, 0.1) is 5.69 Å². The molecule has 94 valence electrons. The molecule has 1 amide bonds. The second kappa shape index (κ2) is 4.44. The van der Waals surface area contributed by atoms with Crippen molar-refractivity contribution < 1.29 is 13.2 Å². The van der Waals surface area contributed by atoms with Crippen molar-refractivity contribution in [3.05, 3.63) is 29.8 Å². The van der Waals surface area contributed by atoms with Gasteiger partial charge in [-0.1, -0.05) is 18.1 Å². The van der Waals surface area contributed by atoms with Crippen LogP contribution in [0.25, 0.3) is 0 Å². The molecule has 0 radical (unpaired) electrons. The number of carbonyl (C=O) groups excluding carboxylic acids is 1. The van der Waals surface area contributed by atoms with Crippen LogP contribution in [0.5, 0.6) is 0 Å². The molecule has 1 unspecified atom stereocenters. The van der Waals surface area contributed by atoms with Crippen LogP contribution in [0.15, 0.2) is 24.3 Å². The lowest BCUT2D eigenvalue weighted by Crippen LogP contribution is -2.32. The van der Waals surface area contributed by atoms with Crippen LogP contribution in [0.2, 0.25) is 0 Å². The number of anilines is 1. The van der Waals surface area contributed by atoms with Crippen LogP contribution >= 0.6 is 0 Å². The van der Waals surface area contributed by atoms with Crippen LogP contribution < -0.4 is 10.0 Å². The molecule has 18 heavy (non-hydrogen) atoms. The summed E-state index contributed by atoms with van der Waals surface area (Å²) in [5, 5.41) is 4.20. The van der Waals surface area contributed by atoms with Gasteiger partial charge in [0.1, 0.15) is 5.25 Å². The maximum Gasteiger partial charge on any atom is 0.228 e. The number of carbonyl (C=O) groups is 1. The monoisotopic (exact) mass is 264 g/mol. The molecule has 1 heterocycles. The fourth-order valence-corrected chi connectivity index (χ4v) is 2.69. The number of para-hydroxylation sites is 1. The first kappa shape index (κ1) is 12.6. The van der Waals surface area contributed by atoms with Gasteiger partial charge in [-0.05, 0) is 12.1 Å². The number of amides is 1. The average Bonchev–Trinajstić information content (AvgIpc) is 2.71. The molecule has 1 aromatic rings. The molecular weight excluding hydrogens is 252 g/mol. The number of terminal acetylenes is 1. The molecule has 0 bridgehead atoms. The number of benzene rings is 1. The number of primary sulfonamides is 1. The van der Waals surface area contributed by atoms with Gasteiger partial charge < -0.3 is 4.90 Å². The highest BCUT2D eigenvalue weighted by molar-refractivity contribution is 7.89. The lowest BCUT2D eigenvalue weighted by molar-refractivity contribution is -0.117. The Labute approximate surface area is 106 Å². The minimum absolute atomic E-state index is 0.0519. The third-order valence-electron chi connectivity index (χ3n) is 2.90. The summed E-state index contributed by atoms with van der Waals surface area (Å²) in [4.78, 5) is 13.2. The molecule has 6 heteroatoms. The number of nitrogens with zero attached hydrogens (tertiary/aromatic N) is 1. The normalized spacial score (nSPS) is 19.9. The summed E-state index contributed by atoms with van der Waals surface area (Å²) in [6.45, 7) is 0.0519. The summed E-state index contributed by atoms with van der Waals surface area (Å²) in [5.41, 5.74) is 1.11. The summed E-state index contributed by atoms with van der Waals surface area (Å²) in [7, 11) is -3.71. The molecule has 1 saturated heterocycles. The zero-order chi connectivity index (χ0) is 13.3. The highest BCUT2D eigenvalue weighted by atomic mass is 32.2. The second-order valence-electron chi connectivity index (χ2n) is 4.08. The highest BCUT2D eigenvalue weighted by Gasteiger charge is 2.37. The number of hydrogen-bond donors (Lipinski definition) is 1. The average molecular weight is 264 g/mol. The summed E-state index contributed by atoms with van der Waals surface area (Å²) in [6, 6.07) is 6.90. The minimum atomic E-state index is -3.71. The predicted octanol–water partition coefficient (Wildman–Crippen LogP) is 0.0617. The maximum atomic E-state index is 11.8. The molecule has 0 saturated carbocycles. The van der Waals surface area contributed by atoms with Crippen molar-refractivity contribution >= 4 is 21.6 Å². The number of nitrogens with two attached hydrogens (primary N) is 1. The van der Waals surface area contributed by atoms with Crippen LogP contribution in [0.1, 0.15) is 12.0 Å². The number of sulfonamides is 1. The van der Waals surface area contributed by atoms with E-state index in [1.165, 1.54) is 4.90 Å². The van der Waals surface area contributed by atoms with E-state index in [2.05, 4.69) is 5.92 Å². The number of rotatable bonds is 2. The van der Waals surface area contributed by atoms with Crippen LogP contribution in [-0.2, 0) is 14.8 Å². The molecule has 0 aromatic heterocycles. The molecule has 1 aliphatic rings. The van der Waals surface area contributed by atoms with E-state index in [1.807, 2.05) is 0 Å². The quantitative estimate of drug-likeness (QED) is 0.767. The Hall–Kier alpha value is -1.84. The third kappa shape index (κ3) is 2.23. The Morgan fingerprint density at radius 3 is 2.61 bits per heavy atom. The van der Waals surface area contributed by atoms with Crippen molar-refractivity contribution in [1.82, 2.24) is 0 Å². The van der Waals surface area contributed by atoms with Crippen molar-refractivity contribution in [2.45, 2.75) is 11.7 Å². The van der Waals surface area contributed by atoms with E-state index in [0.29, 0.717) is 11.3 Å². The summed E-state index contributed by atoms with van der Waals surface area (Å²) in [5.74, 6) is 2.19. The van der Waals surface area contributed by atoms with E-state index >= 15 is 0 Å². The first-order valence-corrected chi connectivity index (χ1v) is 6.92. The Balaban J connectivity index is 2.37. The van der Waals surface area contributed by atoms with Crippen molar-refractivity contribution in [3.63, 3.8) is 0 Å². The molecule has 1 aliphatic heterocycles. The van der Waals surface area contributed by atoms with E-state index < -0.39 is 15.3 Å². The van der Waals surface area contributed by atoms with Crippen molar-refractivity contribution in [2.24, 2.45) is 5.14 Å². The van der Waals surface area contributed by atoms with Gasteiger partial charge in [-0.3, -0.25) is 4.79 Å². The van der Waals surface area contributed by atoms with Gasteiger partial charge in [0.15, 0.2) is 0 Å². The van der Waals surface area contributed by atoms with Gasteiger partial charge in [-0.2, -0.15) is 0 Å². The standard InChI is InChI=1S/C12H12N2O3S/c1-2-9-5-3-4-6-11(9)14-8-10(7-12(14)15)18(13,16)17/h1,3-6,10H,7-8H2,(H2,13,16,17). The zero-order valence-electron chi connectivity index (χ0n) is 9.54. The summed E-state index contributed by atoms with van der Waals surface area (Å²) < 4.78 is 22.5. The highest BCUT2D eigenvalue weighted by Crippen LogP contribution is 2.26. The Morgan fingerprint density at radius 2 is 2.06 bits per heavy atom. The largest absolute Gasteiger partial charge is 0.310 e. The Morgan fingerprint density at radius 1 is 1.39 bits per heavy atom. The van der Waals surface area contributed by atoms with Gasteiger partial charge in [0.25, 0.3) is 0 Å². The first-order valence-electron chi connectivity index (χ1n) is 5.31. The van der Waals surface area contributed by atoms with E-state index in [9.17, 15) is 13.2 Å². The number of hydrogen-bond acceptors (Lipinski definition) is 3. The van der Waals surface area contributed by atoms with Crippen molar-refractivity contribution in [1.29, 1.82) is 0 Å². The fourth-order valence-electron chi connectivity index (χ4n) is 1.96. The molecule has 2 N–H and O–H groups in total. The van der Waals surface area contributed by atoms with Gasteiger partial charge in [-0.15, -0.1) is 6.42 Å². The minimum Gasteiger partial charge on any atom is -0.310 e. The second-order valence-corrected chi connectivity index (χ2v) is 5.93. The molecule has 2 rings (SSSR count). The van der Waals surface area contributed by atoms with Crippen LogP contribution in [0.4, 0.5) is 5.69 Å². The lowest BCUT2D eigenvalue weighted by Gasteiger charge is -2.17. The topological polar surface area (TPSA) is 80.5 Å². The SMILES string of the molecule is C#Cc1ccccc1N1CC(S(N)(=O)=O)CC1=O. The molecule has 5 nitrogen and oxygen atoms in total. The van der Waals surface area contributed by atoms with Gasteiger partial charge in [-0.25, -0.2) is 13.6 Å². The van der Waals surface area contributed by atoms with E-state index in [-0.39, 0.29) is 18.9 Å². The van der Waals surface area contributed by atoms with Gasteiger partial charge in [0, 0.05) is 18.5 Å². The van der Waals surface area contributed by atoms with Crippen LogP contribution in [0, 0.1) is 12.3 Å². The van der Waals surface area contributed by atoms with E-state index in [4.69, 9.17) is 11.6 Å². The van der Waals surface area contributed by atoms with Crippen molar-refractivity contribution in [3.8, 4) is 12.3 Å². The molecule has 1 aromatic carbocycles. The molecule has 1 atom stereocenters. The molecule has 1 fully saturated rings. The van der Waals surface area contributed by atoms with Crippen molar-refractivity contribution in [2.75, 3.05) is 11.4 Å². The van der Waals surface area contributed by atoms with Crippen LogP contribution in [0.3, 0.4) is 0 Å². The Bertz CT molecular complexity index is 631. The van der Waals surface area contributed by atoms with E-state index in [1.54, 1.807) is 24.3 Å². The van der Waals surface area contributed by atoms with E-state index in [0.717, 1.165) is 0 Å². The summed E-state index contributed by atoms with van der Waals surface area (Å²) in [6.07, 6.45) is 5.25. The maximum absolute atomic E-state index is 11.8. The third-order valence-corrected chi connectivity index (χ3v) is 4.15. The van der Waals surface area contributed by atoms with Gasteiger partial charge >= 0.3 is 0 Å².